The predicted molar refractivity (Wildman–Crippen MR) is 127 cm³/mol. The van der Waals surface area contributed by atoms with Gasteiger partial charge in [-0.3, -0.25) is 4.79 Å². The van der Waals surface area contributed by atoms with Crippen LogP contribution in [0.1, 0.15) is 22.5 Å². The largest absolute Gasteiger partial charge is 0.497 e. The van der Waals surface area contributed by atoms with Crippen molar-refractivity contribution in [1.29, 1.82) is 0 Å². The Kier molecular flexibility index (Phi) is 6.71. The molecule has 0 N–H and O–H groups in total. The van der Waals surface area contributed by atoms with Crippen molar-refractivity contribution in [3.63, 3.8) is 0 Å². The summed E-state index contributed by atoms with van der Waals surface area (Å²) in [6.45, 7) is 3.22. The Morgan fingerprint density at radius 3 is 2.50 bits per heavy atom. The van der Waals surface area contributed by atoms with Crippen LogP contribution >= 0.6 is 11.3 Å². The number of hydrogen-bond donors (Lipinski definition) is 0. The molecule has 3 amide bonds. The number of likely N-dealkylation sites (N-methyl/N-ethyl adjacent to an activating group) is 3. The summed E-state index contributed by atoms with van der Waals surface area (Å²) in [5.41, 5.74) is 1.04. The smallest absolute Gasteiger partial charge is 0.320 e. The molecule has 0 radical (unpaired) electrons. The first-order valence-corrected chi connectivity index (χ1v) is 11.9. The zero-order valence-electron chi connectivity index (χ0n) is 19.3. The molecule has 0 aliphatic carbocycles. The van der Waals surface area contributed by atoms with Gasteiger partial charge < -0.3 is 24.3 Å². The second-order valence-corrected chi connectivity index (χ2v) is 9.88. The van der Waals surface area contributed by atoms with Crippen LogP contribution in [0, 0.1) is 0 Å². The lowest BCUT2D eigenvalue weighted by molar-refractivity contribution is 0.0739. The topological polar surface area (TPSA) is 56.3 Å². The quantitative estimate of drug-likeness (QED) is 0.693. The van der Waals surface area contributed by atoms with Crippen molar-refractivity contribution < 1.29 is 14.3 Å². The first-order chi connectivity index (χ1) is 15.4. The van der Waals surface area contributed by atoms with Crippen LogP contribution in [0.5, 0.6) is 5.75 Å². The number of urea groups is 1. The highest BCUT2D eigenvalue weighted by Crippen LogP contribution is 2.31. The van der Waals surface area contributed by atoms with Crippen molar-refractivity contribution in [3.05, 3.63) is 41.3 Å². The second-order valence-electron chi connectivity index (χ2n) is 8.80. The third kappa shape index (κ3) is 4.61. The van der Waals surface area contributed by atoms with E-state index in [1.165, 1.54) is 11.3 Å². The molecule has 2 saturated heterocycles. The molecule has 8 heteroatoms. The first-order valence-electron chi connectivity index (χ1n) is 11.1. The van der Waals surface area contributed by atoms with Gasteiger partial charge in [-0.25, -0.2) is 4.79 Å². The van der Waals surface area contributed by atoms with Crippen LogP contribution < -0.4 is 4.74 Å². The van der Waals surface area contributed by atoms with Crippen molar-refractivity contribution in [2.45, 2.75) is 24.9 Å². The van der Waals surface area contributed by atoms with E-state index >= 15 is 0 Å². The molecule has 7 nitrogen and oxygen atoms in total. The minimum atomic E-state index is 0.00853. The number of carbonyl (C=O) groups is 2. The summed E-state index contributed by atoms with van der Waals surface area (Å²) < 4.78 is 5.31. The summed E-state index contributed by atoms with van der Waals surface area (Å²) in [5, 5.41) is 0. The van der Waals surface area contributed by atoms with E-state index in [2.05, 4.69) is 11.9 Å². The molecule has 0 spiro atoms. The number of thiophene rings is 1. The molecule has 32 heavy (non-hydrogen) atoms. The summed E-state index contributed by atoms with van der Waals surface area (Å²) in [4.78, 5) is 35.7. The maximum atomic E-state index is 13.1. The number of hydrogen-bond acceptors (Lipinski definition) is 5. The van der Waals surface area contributed by atoms with E-state index < -0.39 is 0 Å². The predicted octanol–water partition coefficient (Wildman–Crippen LogP) is 3.33. The standard InChI is InChI=1S/C24H32N4O3S/c1-25-12-10-18(15-25)27(3)24(30)28-13-11-19(16-28)26(2)23(29)22-9-8-21(32-22)17-6-5-7-20(14-17)31-4/h5-9,14,18-19H,10-13,15-16H2,1-4H3/t18-,19+/m1/s1. The van der Waals surface area contributed by atoms with E-state index in [0.717, 1.165) is 42.1 Å². The number of likely N-dealkylation sites (tertiary alicyclic amines) is 2. The highest BCUT2D eigenvalue weighted by molar-refractivity contribution is 7.17. The third-order valence-electron chi connectivity index (χ3n) is 6.69. The van der Waals surface area contributed by atoms with E-state index in [4.69, 9.17) is 4.74 Å². The van der Waals surface area contributed by atoms with Crippen molar-refractivity contribution in [2.75, 3.05) is 54.4 Å². The lowest BCUT2D eigenvalue weighted by Gasteiger charge is -2.30. The second kappa shape index (κ2) is 9.50. The van der Waals surface area contributed by atoms with Gasteiger partial charge in [-0.2, -0.15) is 0 Å². The molecule has 2 aliphatic rings. The minimum Gasteiger partial charge on any atom is -0.497 e. The van der Waals surface area contributed by atoms with Gasteiger partial charge in [-0.1, -0.05) is 12.1 Å². The summed E-state index contributed by atoms with van der Waals surface area (Å²) in [7, 11) is 7.49. The summed E-state index contributed by atoms with van der Waals surface area (Å²) in [5.74, 6) is 0.806. The van der Waals surface area contributed by atoms with E-state index in [9.17, 15) is 9.59 Å². The molecule has 0 unspecified atom stereocenters. The fourth-order valence-electron chi connectivity index (χ4n) is 4.56. The van der Waals surface area contributed by atoms with Crippen molar-refractivity contribution in [1.82, 2.24) is 19.6 Å². The van der Waals surface area contributed by atoms with Crippen LogP contribution in [-0.2, 0) is 0 Å². The Morgan fingerprint density at radius 2 is 1.78 bits per heavy atom. The van der Waals surface area contributed by atoms with Gasteiger partial charge in [0.05, 0.1) is 18.0 Å². The van der Waals surface area contributed by atoms with Crippen LogP contribution in [0.15, 0.2) is 36.4 Å². The van der Waals surface area contributed by atoms with E-state index in [1.807, 2.05) is 60.3 Å². The Hall–Kier alpha value is -2.58. The van der Waals surface area contributed by atoms with Gasteiger partial charge in [-0.05, 0) is 56.3 Å². The number of amides is 3. The zero-order chi connectivity index (χ0) is 22.8. The van der Waals surface area contributed by atoms with E-state index in [0.29, 0.717) is 18.0 Å². The molecule has 2 fully saturated rings. The fourth-order valence-corrected chi connectivity index (χ4v) is 5.55. The highest BCUT2D eigenvalue weighted by atomic mass is 32.1. The van der Waals surface area contributed by atoms with Crippen molar-refractivity contribution >= 4 is 23.3 Å². The van der Waals surface area contributed by atoms with Crippen LogP contribution in [0.3, 0.4) is 0 Å². The van der Waals surface area contributed by atoms with Crippen molar-refractivity contribution in [2.24, 2.45) is 0 Å². The Morgan fingerprint density at radius 1 is 1.03 bits per heavy atom. The van der Waals surface area contributed by atoms with Gasteiger partial charge in [0.2, 0.25) is 0 Å². The molecule has 3 heterocycles. The number of rotatable bonds is 5. The molecule has 2 aromatic rings. The van der Waals surface area contributed by atoms with Crippen LogP contribution in [0.25, 0.3) is 10.4 Å². The summed E-state index contributed by atoms with van der Waals surface area (Å²) in [6, 6.07) is 12.1. The maximum Gasteiger partial charge on any atom is 0.320 e. The lowest BCUT2D eigenvalue weighted by Crippen LogP contribution is -2.47. The Balaban J connectivity index is 1.37. The average molecular weight is 457 g/mol. The van der Waals surface area contributed by atoms with Crippen LogP contribution in [0.4, 0.5) is 4.79 Å². The lowest BCUT2D eigenvalue weighted by atomic mass is 10.2. The first kappa shape index (κ1) is 22.6. The normalized spacial score (nSPS) is 21.1. The van der Waals surface area contributed by atoms with Gasteiger partial charge in [-0.15, -0.1) is 11.3 Å². The molecule has 2 atom stereocenters. The molecular formula is C24H32N4O3S. The summed E-state index contributed by atoms with van der Waals surface area (Å²) >= 11 is 1.49. The highest BCUT2D eigenvalue weighted by Gasteiger charge is 2.35. The average Bonchev–Trinajstić information content (AvgIpc) is 3.57. The van der Waals surface area contributed by atoms with E-state index in [-0.39, 0.29) is 24.0 Å². The van der Waals surface area contributed by atoms with Gasteiger partial charge in [0.25, 0.3) is 5.91 Å². The number of methoxy groups -OCH3 is 1. The Labute approximate surface area is 194 Å². The number of benzene rings is 1. The summed E-state index contributed by atoms with van der Waals surface area (Å²) in [6.07, 6.45) is 1.82. The van der Waals surface area contributed by atoms with Crippen LogP contribution in [-0.4, -0.2) is 98.1 Å². The van der Waals surface area contributed by atoms with Crippen molar-refractivity contribution in [3.8, 4) is 16.2 Å². The van der Waals surface area contributed by atoms with Gasteiger partial charge >= 0.3 is 6.03 Å². The maximum absolute atomic E-state index is 13.1. The van der Waals surface area contributed by atoms with Crippen LogP contribution in [0.2, 0.25) is 0 Å². The number of nitrogens with zero attached hydrogens (tertiary/aromatic N) is 4. The molecular weight excluding hydrogens is 424 g/mol. The van der Waals surface area contributed by atoms with Gasteiger partial charge in [0, 0.05) is 44.6 Å². The zero-order valence-corrected chi connectivity index (χ0v) is 20.1. The van der Waals surface area contributed by atoms with E-state index in [1.54, 1.807) is 12.0 Å². The molecule has 172 valence electrons. The molecule has 0 saturated carbocycles. The molecule has 2 aliphatic heterocycles. The number of carbonyl (C=O) groups excluding carboxylic acids is 2. The van der Waals surface area contributed by atoms with Gasteiger partial charge in [0.15, 0.2) is 0 Å². The number of ether oxygens (including phenoxy) is 1. The van der Waals surface area contributed by atoms with Gasteiger partial charge in [0.1, 0.15) is 5.75 Å². The fraction of sp³-hybridized carbons (Fsp3) is 0.500. The monoisotopic (exact) mass is 456 g/mol. The molecule has 1 aromatic carbocycles. The molecule has 4 rings (SSSR count). The molecule has 0 bridgehead atoms. The SMILES string of the molecule is COc1cccc(-c2ccc(C(=O)N(C)[C@H]3CCN(C(=O)N(C)[C@@H]4CCN(C)C4)C3)s2)c1. The Bertz CT molecular complexity index is 978. The molecule has 1 aromatic heterocycles. The minimum absolute atomic E-state index is 0.00853. The third-order valence-corrected chi connectivity index (χ3v) is 7.81.